The summed E-state index contributed by atoms with van der Waals surface area (Å²) in [7, 11) is 0. The molecule has 1 fully saturated rings. The molecule has 1 aliphatic rings. The first-order valence-electron chi connectivity index (χ1n) is 6.13. The second-order valence-corrected chi connectivity index (χ2v) is 4.80. The average molecular weight is 263 g/mol. The van der Waals surface area contributed by atoms with Crippen molar-refractivity contribution in [1.29, 1.82) is 0 Å². The van der Waals surface area contributed by atoms with E-state index < -0.39 is 18.1 Å². The number of rotatable bonds is 3. The largest absolute Gasteiger partial charge is 0.471 e. The first kappa shape index (κ1) is 13.3. The Balaban J connectivity index is 1.96. The zero-order chi connectivity index (χ0) is 13.2. The third kappa shape index (κ3) is 3.22. The first-order chi connectivity index (χ1) is 8.47. The Bertz CT molecular complexity index is 385. The lowest BCUT2D eigenvalue weighted by atomic mass is 9.85. The van der Waals surface area contributed by atoms with Crippen LogP contribution in [0.2, 0.25) is 0 Å². The second-order valence-electron chi connectivity index (χ2n) is 4.80. The summed E-state index contributed by atoms with van der Waals surface area (Å²) in [5, 5.41) is 3.32. The zero-order valence-corrected chi connectivity index (χ0v) is 9.91. The lowest BCUT2D eigenvalue weighted by Crippen LogP contribution is -2.19. The maximum atomic E-state index is 12.3. The normalized spacial score (nSPS) is 20.0. The Morgan fingerprint density at radius 2 is 1.94 bits per heavy atom. The minimum absolute atomic E-state index is 0.0482. The molecule has 0 radical (unpaired) electrons. The van der Waals surface area contributed by atoms with Crippen LogP contribution in [0.5, 0.6) is 0 Å². The molecule has 1 unspecified atom stereocenters. The molecule has 0 aliphatic heterocycles. The lowest BCUT2D eigenvalue weighted by molar-refractivity contribution is -0.159. The fraction of sp³-hybridized carbons (Fsp3) is 0.818. The summed E-state index contributed by atoms with van der Waals surface area (Å²) >= 11 is 0. The molecule has 0 bridgehead atoms. The van der Waals surface area contributed by atoms with Crippen LogP contribution in [0, 0.1) is 5.92 Å². The van der Waals surface area contributed by atoms with Crippen molar-refractivity contribution in [3.8, 4) is 0 Å². The smallest absolute Gasteiger partial charge is 0.329 e. The lowest BCUT2D eigenvalue weighted by Gasteiger charge is -2.23. The topological polar surface area (TPSA) is 64.9 Å². The molecule has 18 heavy (non-hydrogen) atoms. The van der Waals surface area contributed by atoms with Crippen molar-refractivity contribution in [3.05, 3.63) is 11.7 Å². The summed E-state index contributed by atoms with van der Waals surface area (Å²) in [6, 6.07) is -0.576. The van der Waals surface area contributed by atoms with Gasteiger partial charge in [0.25, 0.3) is 0 Å². The molecule has 1 saturated carbocycles. The summed E-state index contributed by atoms with van der Waals surface area (Å²) in [5.74, 6) is -0.911. The van der Waals surface area contributed by atoms with Gasteiger partial charge in [-0.1, -0.05) is 37.3 Å². The molecule has 1 atom stereocenters. The Kier molecular flexibility index (Phi) is 3.89. The maximum Gasteiger partial charge on any atom is 0.471 e. The van der Waals surface area contributed by atoms with Crippen LogP contribution in [-0.4, -0.2) is 10.1 Å². The van der Waals surface area contributed by atoms with Crippen molar-refractivity contribution < 1.29 is 17.7 Å². The van der Waals surface area contributed by atoms with Crippen LogP contribution in [0.4, 0.5) is 13.2 Å². The third-order valence-corrected chi connectivity index (χ3v) is 3.33. The highest BCUT2D eigenvalue weighted by Gasteiger charge is 2.39. The first-order valence-corrected chi connectivity index (χ1v) is 6.13. The molecule has 2 N–H and O–H groups in total. The fourth-order valence-electron chi connectivity index (χ4n) is 2.39. The molecule has 0 aromatic carbocycles. The molecule has 4 nitrogen and oxygen atoms in total. The highest BCUT2D eigenvalue weighted by Crippen LogP contribution is 2.32. The summed E-state index contributed by atoms with van der Waals surface area (Å²) in [4.78, 5) is 3.32. The molecule has 0 amide bonds. The van der Waals surface area contributed by atoms with Crippen molar-refractivity contribution in [1.82, 2.24) is 10.1 Å². The van der Waals surface area contributed by atoms with Gasteiger partial charge in [-0.2, -0.15) is 18.2 Å². The monoisotopic (exact) mass is 263 g/mol. The fourth-order valence-corrected chi connectivity index (χ4v) is 2.39. The van der Waals surface area contributed by atoms with Gasteiger partial charge in [0.1, 0.15) is 0 Å². The Hall–Kier alpha value is -1.11. The highest BCUT2D eigenvalue weighted by molar-refractivity contribution is 4.96. The van der Waals surface area contributed by atoms with Crippen LogP contribution >= 0.6 is 0 Å². The van der Waals surface area contributed by atoms with E-state index in [4.69, 9.17) is 5.73 Å². The molecule has 1 heterocycles. The van der Waals surface area contributed by atoms with E-state index in [1.807, 2.05) is 0 Å². The number of aromatic nitrogens is 2. The van der Waals surface area contributed by atoms with Crippen molar-refractivity contribution in [2.24, 2.45) is 11.7 Å². The SMILES string of the molecule is NC(CC1CCCCC1)c1noc(C(F)(F)F)n1. The van der Waals surface area contributed by atoms with Gasteiger partial charge in [0, 0.05) is 0 Å². The van der Waals surface area contributed by atoms with Gasteiger partial charge in [0.2, 0.25) is 0 Å². The molecule has 7 heteroatoms. The molecule has 2 rings (SSSR count). The van der Waals surface area contributed by atoms with Gasteiger partial charge >= 0.3 is 12.1 Å². The third-order valence-electron chi connectivity index (χ3n) is 3.33. The molecule has 1 aromatic heterocycles. The van der Waals surface area contributed by atoms with Crippen LogP contribution < -0.4 is 5.73 Å². The van der Waals surface area contributed by atoms with E-state index in [0.717, 1.165) is 25.7 Å². The molecule has 0 saturated heterocycles. The minimum Gasteiger partial charge on any atom is -0.329 e. The zero-order valence-electron chi connectivity index (χ0n) is 9.91. The molecule has 1 aliphatic carbocycles. The van der Waals surface area contributed by atoms with E-state index in [9.17, 15) is 13.2 Å². The average Bonchev–Trinajstić information content (AvgIpc) is 2.79. The van der Waals surface area contributed by atoms with Crippen LogP contribution in [0.3, 0.4) is 0 Å². The van der Waals surface area contributed by atoms with E-state index >= 15 is 0 Å². The van der Waals surface area contributed by atoms with Crippen molar-refractivity contribution in [2.45, 2.75) is 50.7 Å². The Labute approximate surface area is 103 Å². The van der Waals surface area contributed by atoms with E-state index in [0.29, 0.717) is 12.3 Å². The van der Waals surface area contributed by atoms with E-state index in [1.165, 1.54) is 6.42 Å². The predicted octanol–water partition coefficient (Wildman–Crippen LogP) is 3.06. The van der Waals surface area contributed by atoms with Crippen molar-refractivity contribution in [3.63, 3.8) is 0 Å². The summed E-state index contributed by atoms with van der Waals surface area (Å²) in [5.41, 5.74) is 5.83. The van der Waals surface area contributed by atoms with Crippen LogP contribution in [-0.2, 0) is 6.18 Å². The number of nitrogens with zero attached hydrogens (tertiary/aromatic N) is 2. The summed E-state index contributed by atoms with van der Waals surface area (Å²) in [6.45, 7) is 0. The number of alkyl halides is 3. The maximum absolute atomic E-state index is 12.3. The Morgan fingerprint density at radius 3 is 2.50 bits per heavy atom. The standard InChI is InChI=1S/C11H16F3N3O/c12-11(13,14)10-16-9(17-18-10)8(15)6-7-4-2-1-3-5-7/h7-8H,1-6,15H2. The van der Waals surface area contributed by atoms with Gasteiger partial charge in [0.15, 0.2) is 5.82 Å². The predicted molar refractivity (Wildman–Crippen MR) is 57.4 cm³/mol. The van der Waals surface area contributed by atoms with Gasteiger partial charge in [-0.15, -0.1) is 0 Å². The van der Waals surface area contributed by atoms with Gasteiger partial charge in [-0.3, -0.25) is 0 Å². The van der Waals surface area contributed by atoms with Crippen molar-refractivity contribution in [2.75, 3.05) is 0 Å². The van der Waals surface area contributed by atoms with Gasteiger partial charge in [-0.05, 0) is 12.3 Å². The molecular formula is C11H16F3N3O. The summed E-state index contributed by atoms with van der Waals surface area (Å²) < 4.78 is 41.0. The van der Waals surface area contributed by atoms with Gasteiger partial charge < -0.3 is 10.3 Å². The highest BCUT2D eigenvalue weighted by atomic mass is 19.4. The van der Waals surface area contributed by atoms with Crippen LogP contribution in [0.1, 0.15) is 56.3 Å². The van der Waals surface area contributed by atoms with E-state index in [-0.39, 0.29) is 5.82 Å². The number of nitrogens with two attached hydrogens (primary N) is 1. The number of halogens is 3. The Morgan fingerprint density at radius 1 is 1.28 bits per heavy atom. The van der Waals surface area contributed by atoms with Crippen LogP contribution in [0.15, 0.2) is 4.52 Å². The molecular weight excluding hydrogens is 247 g/mol. The van der Waals surface area contributed by atoms with E-state index in [1.54, 1.807) is 0 Å². The number of hydrogen-bond acceptors (Lipinski definition) is 4. The van der Waals surface area contributed by atoms with E-state index in [2.05, 4.69) is 14.7 Å². The molecule has 1 aromatic rings. The minimum atomic E-state index is -4.60. The van der Waals surface area contributed by atoms with Gasteiger partial charge in [-0.25, -0.2) is 0 Å². The van der Waals surface area contributed by atoms with Crippen LogP contribution in [0.25, 0.3) is 0 Å². The number of hydrogen-bond donors (Lipinski definition) is 1. The molecule has 0 spiro atoms. The second kappa shape index (κ2) is 5.26. The van der Waals surface area contributed by atoms with Crippen molar-refractivity contribution >= 4 is 0 Å². The quantitative estimate of drug-likeness (QED) is 0.910. The van der Waals surface area contributed by atoms with Gasteiger partial charge in [0.05, 0.1) is 6.04 Å². The summed E-state index contributed by atoms with van der Waals surface area (Å²) in [6.07, 6.45) is 1.74. The molecule has 102 valence electrons.